The summed E-state index contributed by atoms with van der Waals surface area (Å²) in [5, 5.41) is 8.96. The van der Waals surface area contributed by atoms with Crippen molar-refractivity contribution in [2.75, 3.05) is 18.5 Å². The van der Waals surface area contributed by atoms with E-state index >= 15 is 0 Å². The monoisotopic (exact) mass is 248 g/mol. The minimum atomic E-state index is -1.16. The summed E-state index contributed by atoms with van der Waals surface area (Å²) in [7, 11) is 1.76. The zero-order valence-electron chi connectivity index (χ0n) is 10.6. The number of nitriles is 1. The van der Waals surface area contributed by atoms with Crippen molar-refractivity contribution >= 4 is 5.82 Å². The molecule has 96 valence electrons. The molecule has 0 aliphatic heterocycles. The van der Waals surface area contributed by atoms with Crippen molar-refractivity contribution < 1.29 is 4.39 Å². The van der Waals surface area contributed by atoms with Gasteiger partial charge in [-0.15, -0.1) is 0 Å². The molecule has 0 aromatic carbocycles. The van der Waals surface area contributed by atoms with Gasteiger partial charge in [-0.1, -0.05) is 19.3 Å². The Morgan fingerprint density at radius 2 is 2.00 bits per heavy atom. The van der Waals surface area contributed by atoms with Crippen molar-refractivity contribution in [1.29, 1.82) is 5.26 Å². The molecule has 0 unspecified atom stereocenters. The number of nitrogens with zero attached hydrogens (tertiary/aromatic N) is 4. The first kappa shape index (κ1) is 12.7. The molecule has 18 heavy (non-hydrogen) atoms. The van der Waals surface area contributed by atoms with Gasteiger partial charge in [0.2, 0.25) is 0 Å². The van der Waals surface area contributed by atoms with E-state index < -0.39 is 5.67 Å². The van der Waals surface area contributed by atoms with E-state index in [1.165, 1.54) is 12.4 Å². The average molecular weight is 248 g/mol. The maximum absolute atomic E-state index is 14.6. The van der Waals surface area contributed by atoms with Crippen molar-refractivity contribution in [3.63, 3.8) is 0 Å². The van der Waals surface area contributed by atoms with Crippen molar-refractivity contribution in [3.05, 3.63) is 18.1 Å². The highest BCUT2D eigenvalue weighted by molar-refractivity contribution is 5.49. The third-order valence-corrected chi connectivity index (χ3v) is 3.42. The number of halogens is 1. The van der Waals surface area contributed by atoms with E-state index in [2.05, 4.69) is 9.97 Å². The van der Waals surface area contributed by atoms with Crippen LogP contribution in [-0.2, 0) is 0 Å². The molecule has 1 saturated carbocycles. The summed E-state index contributed by atoms with van der Waals surface area (Å²) < 4.78 is 14.6. The predicted molar refractivity (Wildman–Crippen MR) is 66.9 cm³/mol. The van der Waals surface area contributed by atoms with Crippen LogP contribution >= 0.6 is 0 Å². The number of anilines is 1. The van der Waals surface area contributed by atoms with E-state index in [0.29, 0.717) is 18.7 Å². The first-order valence-corrected chi connectivity index (χ1v) is 6.26. The standard InChI is InChI=1S/C13H17FN4/c1-18(10-13(14)5-3-2-4-6-13)12-11(9-15)16-7-8-17-12/h7-8H,2-6,10H2,1H3. The lowest BCUT2D eigenvalue weighted by atomic mass is 9.86. The molecule has 0 saturated heterocycles. The van der Waals surface area contributed by atoms with Crippen LogP contribution in [0.1, 0.15) is 37.8 Å². The normalized spacial score (nSPS) is 18.1. The Bertz CT molecular complexity index is 449. The SMILES string of the molecule is CN(CC1(F)CCCCC1)c1nccnc1C#N. The van der Waals surface area contributed by atoms with E-state index in [9.17, 15) is 4.39 Å². The summed E-state index contributed by atoms with van der Waals surface area (Å²) in [4.78, 5) is 9.77. The highest BCUT2D eigenvalue weighted by atomic mass is 19.1. The zero-order valence-corrected chi connectivity index (χ0v) is 10.6. The molecule has 1 aromatic rings. The van der Waals surface area contributed by atoms with Gasteiger partial charge in [-0.25, -0.2) is 14.4 Å². The van der Waals surface area contributed by atoms with E-state index in [-0.39, 0.29) is 12.2 Å². The molecule has 0 radical (unpaired) electrons. The highest BCUT2D eigenvalue weighted by Gasteiger charge is 2.33. The number of hydrogen-bond donors (Lipinski definition) is 0. The molecule has 0 bridgehead atoms. The number of rotatable bonds is 3. The van der Waals surface area contributed by atoms with Gasteiger partial charge in [0.25, 0.3) is 0 Å². The van der Waals surface area contributed by atoms with Gasteiger partial charge in [0.1, 0.15) is 11.7 Å². The van der Waals surface area contributed by atoms with Gasteiger partial charge in [-0.2, -0.15) is 5.26 Å². The second-order valence-corrected chi connectivity index (χ2v) is 4.91. The minimum Gasteiger partial charge on any atom is -0.354 e. The molecule has 1 heterocycles. The lowest BCUT2D eigenvalue weighted by Gasteiger charge is -2.33. The number of alkyl halides is 1. The zero-order chi connectivity index (χ0) is 13.0. The summed E-state index contributed by atoms with van der Waals surface area (Å²) in [6, 6.07) is 1.99. The van der Waals surface area contributed by atoms with Gasteiger partial charge in [-0.05, 0) is 12.8 Å². The molecule has 5 heteroatoms. The number of aromatic nitrogens is 2. The Morgan fingerprint density at radius 1 is 1.33 bits per heavy atom. The Kier molecular flexibility index (Phi) is 3.75. The van der Waals surface area contributed by atoms with Crippen LogP contribution in [0, 0.1) is 11.3 Å². The fourth-order valence-corrected chi connectivity index (χ4v) is 2.53. The molecule has 1 fully saturated rings. The molecule has 1 aliphatic rings. The highest BCUT2D eigenvalue weighted by Crippen LogP contribution is 2.33. The van der Waals surface area contributed by atoms with Gasteiger partial charge < -0.3 is 4.90 Å². The van der Waals surface area contributed by atoms with E-state index in [1.54, 1.807) is 11.9 Å². The topological polar surface area (TPSA) is 52.8 Å². The van der Waals surface area contributed by atoms with Crippen molar-refractivity contribution in [2.45, 2.75) is 37.8 Å². The minimum absolute atomic E-state index is 0.249. The first-order chi connectivity index (χ1) is 8.64. The fraction of sp³-hybridized carbons (Fsp3) is 0.615. The van der Waals surface area contributed by atoms with Crippen LogP contribution in [0.5, 0.6) is 0 Å². The largest absolute Gasteiger partial charge is 0.354 e. The maximum Gasteiger partial charge on any atom is 0.183 e. The Morgan fingerprint density at radius 3 is 2.67 bits per heavy atom. The second kappa shape index (κ2) is 5.30. The fourth-order valence-electron chi connectivity index (χ4n) is 2.53. The van der Waals surface area contributed by atoms with Crippen LogP contribution in [0.2, 0.25) is 0 Å². The lowest BCUT2D eigenvalue weighted by molar-refractivity contribution is 0.115. The molecule has 1 aliphatic carbocycles. The third-order valence-electron chi connectivity index (χ3n) is 3.42. The summed E-state index contributed by atoms with van der Waals surface area (Å²) >= 11 is 0. The summed E-state index contributed by atoms with van der Waals surface area (Å²) in [5.74, 6) is 0.461. The second-order valence-electron chi connectivity index (χ2n) is 4.91. The molecule has 0 N–H and O–H groups in total. The molecular formula is C13H17FN4. The van der Waals surface area contributed by atoms with Crippen LogP contribution in [0.4, 0.5) is 10.2 Å². The molecular weight excluding hydrogens is 231 g/mol. The third kappa shape index (κ3) is 2.76. The van der Waals surface area contributed by atoms with E-state index in [4.69, 9.17) is 5.26 Å². The smallest absolute Gasteiger partial charge is 0.183 e. The van der Waals surface area contributed by atoms with Gasteiger partial charge in [-0.3, -0.25) is 0 Å². The van der Waals surface area contributed by atoms with Crippen LogP contribution in [-0.4, -0.2) is 29.2 Å². The average Bonchev–Trinajstić information content (AvgIpc) is 2.39. The predicted octanol–water partition coefficient (Wildman–Crippen LogP) is 2.46. The van der Waals surface area contributed by atoms with E-state index in [0.717, 1.165) is 19.3 Å². The quantitative estimate of drug-likeness (QED) is 0.824. The van der Waals surface area contributed by atoms with Crippen LogP contribution < -0.4 is 4.90 Å². The first-order valence-electron chi connectivity index (χ1n) is 6.26. The van der Waals surface area contributed by atoms with Gasteiger partial charge in [0.15, 0.2) is 11.5 Å². The van der Waals surface area contributed by atoms with Gasteiger partial charge in [0.05, 0.1) is 6.54 Å². The van der Waals surface area contributed by atoms with Crippen molar-refractivity contribution in [2.24, 2.45) is 0 Å². The lowest BCUT2D eigenvalue weighted by Crippen LogP contribution is -2.40. The molecule has 2 rings (SSSR count). The van der Waals surface area contributed by atoms with Crippen molar-refractivity contribution in [1.82, 2.24) is 9.97 Å². The maximum atomic E-state index is 14.6. The summed E-state index contributed by atoms with van der Waals surface area (Å²) in [6.45, 7) is 0.278. The molecule has 0 spiro atoms. The van der Waals surface area contributed by atoms with E-state index in [1.807, 2.05) is 6.07 Å². The van der Waals surface area contributed by atoms with Crippen LogP contribution in [0.25, 0.3) is 0 Å². The summed E-state index contributed by atoms with van der Waals surface area (Å²) in [6.07, 6.45) is 7.19. The molecule has 0 atom stereocenters. The molecule has 1 aromatic heterocycles. The Hall–Kier alpha value is -1.70. The van der Waals surface area contributed by atoms with Gasteiger partial charge >= 0.3 is 0 Å². The Labute approximate surface area is 106 Å². The Balaban J connectivity index is 2.12. The van der Waals surface area contributed by atoms with Crippen molar-refractivity contribution in [3.8, 4) is 6.07 Å². The van der Waals surface area contributed by atoms with Crippen LogP contribution in [0.15, 0.2) is 12.4 Å². The number of hydrogen-bond acceptors (Lipinski definition) is 4. The van der Waals surface area contributed by atoms with Gasteiger partial charge in [0, 0.05) is 19.4 Å². The van der Waals surface area contributed by atoms with Crippen LogP contribution in [0.3, 0.4) is 0 Å². The summed E-state index contributed by atoms with van der Waals surface area (Å²) in [5.41, 5.74) is -0.906. The molecule has 4 nitrogen and oxygen atoms in total. The molecule has 0 amide bonds.